The van der Waals surface area contributed by atoms with Gasteiger partial charge in [-0.05, 0) is 12.3 Å². The summed E-state index contributed by atoms with van der Waals surface area (Å²) in [5.41, 5.74) is 0. The van der Waals surface area contributed by atoms with Crippen LogP contribution in [0.1, 0.15) is 33.6 Å². The molecule has 0 aliphatic carbocycles. The highest BCUT2D eigenvalue weighted by Gasteiger charge is 2.25. The van der Waals surface area contributed by atoms with Crippen molar-refractivity contribution in [1.82, 2.24) is 10.2 Å². The zero-order valence-corrected chi connectivity index (χ0v) is 12.4. The minimum atomic E-state index is -0.0835. The monoisotopic (exact) mass is 242 g/mol. The third kappa shape index (κ3) is 5.71. The van der Waals surface area contributed by atoms with Gasteiger partial charge in [-0.3, -0.25) is 19.6 Å². The zero-order chi connectivity index (χ0) is 13.6. The maximum Gasteiger partial charge on any atom is 0.347 e. The van der Waals surface area contributed by atoms with Crippen LogP contribution in [-0.4, -0.2) is 55.5 Å². The summed E-state index contributed by atoms with van der Waals surface area (Å²) in [6.45, 7) is 6.20. The molecule has 0 aliphatic heterocycles. The molecule has 4 heteroatoms. The summed E-state index contributed by atoms with van der Waals surface area (Å²) >= 11 is 0. The molecule has 0 saturated carbocycles. The number of nitrogens with zero attached hydrogens (tertiary/aromatic N) is 2. The van der Waals surface area contributed by atoms with Crippen LogP contribution in [-0.2, 0) is 4.79 Å². The van der Waals surface area contributed by atoms with Crippen LogP contribution in [0, 0.1) is 5.92 Å². The van der Waals surface area contributed by atoms with Crippen molar-refractivity contribution in [1.29, 1.82) is 0 Å². The highest BCUT2D eigenvalue weighted by Crippen LogP contribution is 2.07. The predicted molar refractivity (Wildman–Crippen MR) is 72.5 cm³/mol. The van der Waals surface area contributed by atoms with Gasteiger partial charge in [-0.25, -0.2) is 0 Å². The van der Waals surface area contributed by atoms with E-state index in [1.807, 2.05) is 44.6 Å². The minimum Gasteiger partial charge on any atom is -0.296 e. The Labute approximate surface area is 106 Å². The van der Waals surface area contributed by atoms with Crippen molar-refractivity contribution in [2.24, 2.45) is 5.92 Å². The molecule has 0 saturated heterocycles. The molecule has 0 aromatic heterocycles. The van der Waals surface area contributed by atoms with E-state index in [1.54, 1.807) is 0 Å². The molecule has 0 aromatic rings. The van der Waals surface area contributed by atoms with Crippen LogP contribution in [0.5, 0.6) is 0 Å². The predicted octanol–water partition coefficient (Wildman–Crippen LogP) is 1.16. The van der Waals surface area contributed by atoms with Crippen molar-refractivity contribution in [3.63, 3.8) is 0 Å². The van der Waals surface area contributed by atoms with E-state index in [0.29, 0.717) is 12.3 Å². The van der Waals surface area contributed by atoms with Gasteiger partial charge in [-0.1, -0.05) is 20.8 Å². The largest absolute Gasteiger partial charge is 0.347 e. The Morgan fingerprint density at radius 2 is 1.82 bits per heavy atom. The number of rotatable bonds is 5. The lowest BCUT2D eigenvalue weighted by molar-refractivity contribution is -0.472. The first-order chi connectivity index (χ1) is 7.79. The van der Waals surface area contributed by atoms with E-state index < -0.39 is 0 Å². The lowest BCUT2D eigenvalue weighted by atomic mass is 9.99. The highest BCUT2D eigenvalue weighted by atomic mass is 16.1. The Bertz CT molecular complexity index is 278. The Morgan fingerprint density at radius 1 is 1.29 bits per heavy atom. The van der Waals surface area contributed by atoms with E-state index in [-0.39, 0.29) is 11.8 Å². The smallest absolute Gasteiger partial charge is 0.296 e. The van der Waals surface area contributed by atoms with Gasteiger partial charge in [-0.15, -0.1) is 0 Å². The van der Waals surface area contributed by atoms with Gasteiger partial charge in [0.1, 0.15) is 6.04 Å². The topological polar surface area (TPSA) is 35.4 Å². The molecule has 0 spiro atoms. The first-order valence-corrected chi connectivity index (χ1v) is 6.30. The standard InChI is InChI=1S/C13H27N3O/c1-8-12(17)11(9-10(2)3)14-13(15(4)5)16(6)7/h10-11H,8-9H2,1-7H3/p+1. The summed E-state index contributed by atoms with van der Waals surface area (Å²) in [5, 5.41) is 3.35. The van der Waals surface area contributed by atoms with Crippen LogP contribution >= 0.6 is 0 Å². The quantitative estimate of drug-likeness (QED) is 0.446. The lowest BCUT2D eigenvalue weighted by Gasteiger charge is -2.20. The molecule has 1 N–H and O–H groups in total. The molecule has 0 heterocycles. The molecule has 1 unspecified atom stereocenters. The lowest BCUT2D eigenvalue weighted by Crippen LogP contribution is -2.50. The van der Waals surface area contributed by atoms with E-state index in [2.05, 4.69) is 19.2 Å². The van der Waals surface area contributed by atoms with Crippen LogP contribution in [0.2, 0.25) is 0 Å². The fraction of sp³-hybridized carbons (Fsp3) is 0.846. The number of carbonyl (C=O) groups excluding carboxylic acids is 1. The van der Waals surface area contributed by atoms with Gasteiger partial charge in [0.05, 0.1) is 28.2 Å². The van der Waals surface area contributed by atoms with Crippen molar-refractivity contribution >= 4 is 11.7 Å². The SMILES string of the molecule is CCC(=O)C(CC(C)C)NC(N(C)C)=[N+](C)C. The van der Waals surface area contributed by atoms with Crippen molar-refractivity contribution < 1.29 is 9.37 Å². The number of hydrogen-bond donors (Lipinski definition) is 1. The number of ketones is 1. The molecule has 4 nitrogen and oxygen atoms in total. The van der Waals surface area contributed by atoms with E-state index in [9.17, 15) is 4.79 Å². The average molecular weight is 242 g/mol. The normalized spacial score (nSPS) is 12.2. The number of hydrogen-bond acceptors (Lipinski definition) is 1. The van der Waals surface area contributed by atoms with Gasteiger partial charge >= 0.3 is 5.96 Å². The summed E-state index contributed by atoms with van der Waals surface area (Å²) in [7, 11) is 7.91. The zero-order valence-electron chi connectivity index (χ0n) is 12.4. The molecular formula is C13H28N3O+. The van der Waals surface area contributed by atoms with Crippen molar-refractivity contribution in [2.75, 3.05) is 28.2 Å². The van der Waals surface area contributed by atoms with Crippen LogP contribution in [0.25, 0.3) is 0 Å². The summed E-state index contributed by atoms with van der Waals surface area (Å²) in [4.78, 5) is 13.9. The molecule has 0 rings (SSSR count). The van der Waals surface area contributed by atoms with Crippen LogP contribution in [0.4, 0.5) is 0 Å². The van der Waals surface area contributed by atoms with Crippen LogP contribution in [0.3, 0.4) is 0 Å². The summed E-state index contributed by atoms with van der Waals surface area (Å²) in [6, 6.07) is -0.0835. The minimum absolute atomic E-state index is 0.0835. The van der Waals surface area contributed by atoms with Gasteiger partial charge < -0.3 is 0 Å². The third-order valence-electron chi connectivity index (χ3n) is 2.59. The number of carbonyl (C=O) groups is 1. The fourth-order valence-corrected chi connectivity index (χ4v) is 1.80. The van der Waals surface area contributed by atoms with Crippen molar-refractivity contribution in [2.45, 2.75) is 39.7 Å². The maximum absolute atomic E-state index is 11.9. The van der Waals surface area contributed by atoms with Crippen molar-refractivity contribution in [3.8, 4) is 0 Å². The molecule has 0 amide bonds. The summed E-state index contributed by atoms with van der Waals surface area (Å²) in [5.74, 6) is 1.76. The Hall–Kier alpha value is -1.06. The second-order valence-electron chi connectivity index (χ2n) is 5.26. The first kappa shape index (κ1) is 15.9. The summed E-state index contributed by atoms with van der Waals surface area (Å²) in [6.07, 6.45) is 1.45. The average Bonchev–Trinajstić information content (AvgIpc) is 2.21. The van der Waals surface area contributed by atoms with Gasteiger partial charge in [0, 0.05) is 6.42 Å². The Morgan fingerprint density at radius 3 is 2.12 bits per heavy atom. The highest BCUT2D eigenvalue weighted by molar-refractivity contribution is 5.88. The van der Waals surface area contributed by atoms with E-state index >= 15 is 0 Å². The molecular weight excluding hydrogens is 214 g/mol. The van der Waals surface area contributed by atoms with Crippen LogP contribution < -0.4 is 5.32 Å². The number of nitrogens with one attached hydrogen (secondary N) is 1. The van der Waals surface area contributed by atoms with Gasteiger partial charge in [0.25, 0.3) is 0 Å². The Kier molecular flexibility index (Phi) is 6.85. The molecule has 0 radical (unpaired) electrons. The molecule has 1 atom stereocenters. The summed E-state index contributed by atoms with van der Waals surface area (Å²) < 4.78 is 2.00. The number of Topliss-reactive ketones (excluding diaryl/α,β-unsaturated/α-hetero) is 1. The van der Waals surface area contributed by atoms with Gasteiger partial charge in [0.2, 0.25) is 0 Å². The van der Waals surface area contributed by atoms with Gasteiger partial charge in [-0.2, -0.15) is 0 Å². The first-order valence-electron chi connectivity index (χ1n) is 6.30. The van der Waals surface area contributed by atoms with Crippen molar-refractivity contribution in [3.05, 3.63) is 0 Å². The molecule has 17 heavy (non-hydrogen) atoms. The fourth-order valence-electron chi connectivity index (χ4n) is 1.80. The maximum atomic E-state index is 11.9. The molecule has 0 bridgehead atoms. The third-order valence-corrected chi connectivity index (χ3v) is 2.59. The second kappa shape index (κ2) is 7.30. The molecule has 0 aliphatic rings. The van der Waals surface area contributed by atoms with E-state index in [0.717, 1.165) is 12.4 Å². The molecule has 100 valence electrons. The molecule has 0 aromatic carbocycles. The van der Waals surface area contributed by atoms with Crippen LogP contribution in [0.15, 0.2) is 0 Å². The van der Waals surface area contributed by atoms with E-state index in [1.165, 1.54) is 0 Å². The molecule has 0 fully saturated rings. The number of guanidine groups is 1. The van der Waals surface area contributed by atoms with Gasteiger partial charge in [0.15, 0.2) is 5.78 Å². The van der Waals surface area contributed by atoms with E-state index in [4.69, 9.17) is 0 Å². The second-order valence-corrected chi connectivity index (χ2v) is 5.26. The Balaban J connectivity index is 4.84.